The molecule has 0 radical (unpaired) electrons. The lowest BCUT2D eigenvalue weighted by Crippen LogP contribution is -2.03. The van der Waals surface area contributed by atoms with Crippen LogP contribution in [0.1, 0.15) is 80.1 Å². The second-order valence-corrected chi connectivity index (χ2v) is 11.0. The van der Waals surface area contributed by atoms with Crippen molar-refractivity contribution >= 4 is 59.6 Å². The minimum absolute atomic E-state index is 0. The predicted molar refractivity (Wildman–Crippen MR) is 182 cm³/mol. The Morgan fingerprint density at radius 1 is 0.523 bits per heavy atom. The van der Waals surface area contributed by atoms with Crippen molar-refractivity contribution in [2.24, 2.45) is 20.0 Å². The van der Waals surface area contributed by atoms with Gasteiger partial charge in [0.2, 0.25) is 0 Å². The van der Waals surface area contributed by atoms with E-state index in [4.69, 9.17) is 20.0 Å². The van der Waals surface area contributed by atoms with Crippen molar-refractivity contribution in [3.05, 3.63) is 91.7 Å². The first-order valence-corrected chi connectivity index (χ1v) is 14.5. The molecular weight excluding hydrogens is 599 g/mol. The Kier molecular flexibility index (Phi) is 10.9. The number of carboxylic acids is 2. The number of halogens is 2. The molecule has 0 fully saturated rings. The fourth-order valence-corrected chi connectivity index (χ4v) is 6.06. The highest BCUT2D eigenvalue weighted by molar-refractivity contribution is 6.20. The van der Waals surface area contributed by atoms with Gasteiger partial charge in [0.1, 0.15) is 0 Å². The van der Waals surface area contributed by atoms with E-state index in [0.717, 1.165) is 86.1 Å². The van der Waals surface area contributed by atoms with Crippen molar-refractivity contribution in [2.45, 2.75) is 80.1 Å². The van der Waals surface area contributed by atoms with Gasteiger partial charge in [-0.1, -0.05) is 13.8 Å². The number of allylic oxidation sites excluding steroid dienone is 12. The summed E-state index contributed by atoms with van der Waals surface area (Å²) in [7, 11) is 0. The first-order chi connectivity index (χ1) is 20.0. The summed E-state index contributed by atoms with van der Waals surface area (Å²) in [5.74, 6) is -1.76. The molecule has 5 rings (SSSR count). The molecular formula is C34H38Cl2N4O4. The van der Waals surface area contributed by atoms with Gasteiger partial charge in [0.25, 0.3) is 0 Å². The molecule has 0 aromatic rings. The molecule has 0 aliphatic carbocycles. The van der Waals surface area contributed by atoms with Crippen molar-refractivity contribution in [1.82, 2.24) is 0 Å². The summed E-state index contributed by atoms with van der Waals surface area (Å²) in [6, 6.07) is 0. The highest BCUT2D eigenvalue weighted by Gasteiger charge is 2.28. The average molecular weight is 638 g/mol. The number of rotatable bonds is 8. The zero-order valence-electron chi connectivity index (χ0n) is 25.9. The third-order valence-corrected chi connectivity index (χ3v) is 8.53. The number of fused-ring (bicyclic) bond motifs is 4. The van der Waals surface area contributed by atoms with Crippen molar-refractivity contribution < 1.29 is 19.8 Å². The normalized spacial score (nSPS) is 19.0. The van der Waals surface area contributed by atoms with E-state index in [1.54, 1.807) is 0 Å². The fraction of sp³-hybridized carbons (Fsp3) is 0.353. The summed E-state index contributed by atoms with van der Waals surface area (Å²) in [5, 5.41) is 18.9. The third-order valence-electron chi connectivity index (χ3n) is 8.53. The van der Waals surface area contributed by atoms with Gasteiger partial charge in [-0.05, 0) is 122 Å². The fourth-order valence-electron chi connectivity index (χ4n) is 6.06. The lowest BCUT2D eigenvalue weighted by molar-refractivity contribution is -0.137. The maximum Gasteiger partial charge on any atom is 0.303 e. The topological polar surface area (TPSA) is 124 Å². The monoisotopic (exact) mass is 636 g/mol. The van der Waals surface area contributed by atoms with Crippen LogP contribution in [0, 0.1) is 0 Å². The SMILES string of the molecule is CCC1=C(C)C2=CC3=NC(=CC4=NC(=CC5=NC(=CC1=N2)C(C)=C5CC)C(C)=C4CCC(=O)O)C(CCC(=O)O)=C3C.Cl.Cl. The predicted octanol–water partition coefficient (Wildman–Crippen LogP) is 8.01. The summed E-state index contributed by atoms with van der Waals surface area (Å²) in [4.78, 5) is 43.1. The van der Waals surface area contributed by atoms with Crippen LogP contribution in [0.25, 0.3) is 0 Å². The molecule has 0 unspecified atom stereocenters. The Balaban J connectivity index is 0.00000264. The van der Waals surface area contributed by atoms with E-state index in [9.17, 15) is 19.8 Å². The van der Waals surface area contributed by atoms with Crippen LogP contribution in [0.15, 0.2) is 112 Å². The van der Waals surface area contributed by atoms with Crippen LogP contribution in [-0.4, -0.2) is 45.0 Å². The quantitative estimate of drug-likeness (QED) is 0.280. The Hall–Kier alpha value is -3.88. The molecule has 0 saturated carbocycles. The standard InChI is InChI=1S/C34H36N4O4.2ClH/c1-7-21-17(3)25-13-26-19(5)23(9-11-33(39)40)31(37-26)16-32-24(10-12-34(41)42)20(6)28(38-32)15-30-22(8-2)18(4)27(36-30)14-29(21)35-25;;/h13-16H,7-12H2,1-6H3,(H,39,40)(H,41,42);2*1H. The highest BCUT2D eigenvalue weighted by atomic mass is 35.5. The van der Waals surface area contributed by atoms with Crippen LogP contribution < -0.4 is 0 Å². The van der Waals surface area contributed by atoms with Crippen LogP contribution in [0.3, 0.4) is 0 Å². The number of carbonyl (C=O) groups is 2. The van der Waals surface area contributed by atoms with Crippen LogP contribution in [0.4, 0.5) is 0 Å². The van der Waals surface area contributed by atoms with Gasteiger partial charge in [-0.15, -0.1) is 24.8 Å². The molecule has 5 aliphatic heterocycles. The van der Waals surface area contributed by atoms with E-state index >= 15 is 0 Å². The van der Waals surface area contributed by atoms with Crippen LogP contribution >= 0.6 is 24.8 Å². The van der Waals surface area contributed by atoms with Crippen molar-refractivity contribution in [3.8, 4) is 0 Å². The van der Waals surface area contributed by atoms with E-state index in [0.29, 0.717) is 24.3 Å². The van der Waals surface area contributed by atoms with E-state index in [-0.39, 0.29) is 37.7 Å². The molecule has 0 atom stereocenters. The summed E-state index contributed by atoms with van der Waals surface area (Å²) >= 11 is 0. The summed E-state index contributed by atoms with van der Waals surface area (Å²) in [5.41, 5.74) is 14.3. The Labute approximate surface area is 270 Å². The first-order valence-electron chi connectivity index (χ1n) is 14.5. The van der Waals surface area contributed by atoms with Crippen molar-refractivity contribution in [1.29, 1.82) is 0 Å². The minimum atomic E-state index is -0.878. The number of aliphatic imine (C=N–C) groups is 4. The van der Waals surface area contributed by atoms with Crippen molar-refractivity contribution in [2.75, 3.05) is 0 Å². The number of hydrogen-bond acceptors (Lipinski definition) is 6. The molecule has 8 nitrogen and oxygen atoms in total. The largest absolute Gasteiger partial charge is 0.481 e. The van der Waals surface area contributed by atoms with E-state index in [2.05, 4.69) is 33.8 Å². The number of carboxylic acid groups (broad SMARTS) is 2. The van der Waals surface area contributed by atoms with Gasteiger partial charge in [-0.2, -0.15) is 0 Å². The maximum atomic E-state index is 11.5. The molecule has 8 bridgehead atoms. The lowest BCUT2D eigenvalue weighted by Gasteiger charge is -2.07. The van der Waals surface area contributed by atoms with Crippen LogP contribution in [-0.2, 0) is 9.59 Å². The summed E-state index contributed by atoms with van der Waals surface area (Å²) < 4.78 is 0. The Morgan fingerprint density at radius 2 is 0.864 bits per heavy atom. The van der Waals surface area contributed by atoms with Gasteiger partial charge >= 0.3 is 11.9 Å². The van der Waals surface area contributed by atoms with Gasteiger partial charge in [0.15, 0.2) is 0 Å². The van der Waals surface area contributed by atoms with Gasteiger partial charge in [-0.3, -0.25) is 9.59 Å². The molecule has 5 aliphatic rings. The summed E-state index contributed by atoms with van der Waals surface area (Å²) in [6.45, 7) is 12.3. The molecule has 0 amide bonds. The summed E-state index contributed by atoms with van der Waals surface area (Å²) in [6.07, 6.45) is 10.2. The van der Waals surface area contributed by atoms with Gasteiger partial charge in [0, 0.05) is 12.8 Å². The molecule has 0 saturated heterocycles. The molecule has 232 valence electrons. The molecule has 44 heavy (non-hydrogen) atoms. The van der Waals surface area contributed by atoms with Gasteiger partial charge < -0.3 is 10.2 Å². The van der Waals surface area contributed by atoms with E-state index < -0.39 is 11.9 Å². The molecule has 0 aromatic heterocycles. The second kappa shape index (κ2) is 13.8. The molecule has 0 aromatic carbocycles. The third kappa shape index (κ3) is 6.47. The molecule has 0 spiro atoms. The highest BCUT2D eigenvalue weighted by Crippen LogP contribution is 2.38. The maximum absolute atomic E-state index is 11.5. The molecule has 2 N–H and O–H groups in total. The zero-order chi connectivity index (χ0) is 30.3. The van der Waals surface area contributed by atoms with Gasteiger partial charge in [0.05, 0.1) is 45.6 Å². The minimum Gasteiger partial charge on any atom is -0.481 e. The van der Waals surface area contributed by atoms with Crippen LogP contribution in [0.2, 0.25) is 0 Å². The first kappa shape index (κ1) is 34.6. The van der Waals surface area contributed by atoms with Crippen molar-refractivity contribution in [3.63, 3.8) is 0 Å². The van der Waals surface area contributed by atoms with E-state index in [1.165, 1.54) is 5.57 Å². The number of aliphatic carboxylic acids is 2. The van der Waals surface area contributed by atoms with E-state index in [1.807, 2.05) is 32.1 Å². The van der Waals surface area contributed by atoms with Gasteiger partial charge in [-0.25, -0.2) is 20.0 Å². The lowest BCUT2D eigenvalue weighted by atomic mass is 9.96. The number of nitrogens with zero attached hydrogens (tertiary/aromatic N) is 4. The molecule has 10 heteroatoms. The molecule has 5 heterocycles. The number of hydrogen-bond donors (Lipinski definition) is 2. The Bertz CT molecular complexity index is 1720. The smallest absolute Gasteiger partial charge is 0.303 e. The van der Waals surface area contributed by atoms with Crippen LogP contribution in [0.5, 0.6) is 0 Å². The Morgan fingerprint density at radius 3 is 1.30 bits per heavy atom. The average Bonchev–Trinajstić information content (AvgIpc) is 3.59. The second-order valence-electron chi connectivity index (χ2n) is 11.0. The zero-order valence-corrected chi connectivity index (χ0v) is 27.5.